The van der Waals surface area contributed by atoms with Crippen LogP contribution >= 0.6 is 0 Å². The SMILES string of the molecule is N#Cc1ccccc1COc1ccc(/C=N\NC(=O)c2ccccn2)cc1. The van der Waals surface area contributed by atoms with Gasteiger partial charge in [-0.2, -0.15) is 10.4 Å². The molecule has 0 saturated carbocycles. The Bertz CT molecular complexity index is 977. The van der Waals surface area contributed by atoms with E-state index in [0.717, 1.165) is 11.1 Å². The molecule has 3 aromatic rings. The second-order valence-electron chi connectivity index (χ2n) is 5.54. The second-order valence-corrected chi connectivity index (χ2v) is 5.54. The van der Waals surface area contributed by atoms with Crippen LogP contribution in [0.5, 0.6) is 5.75 Å². The summed E-state index contributed by atoms with van der Waals surface area (Å²) in [4.78, 5) is 15.8. The summed E-state index contributed by atoms with van der Waals surface area (Å²) in [5.41, 5.74) is 4.97. The zero-order valence-corrected chi connectivity index (χ0v) is 14.4. The average Bonchev–Trinajstić information content (AvgIpc) is 2.74. The fourth-order valence-corrected chi connectivity index (χ4v) is 2.29. The molecule has 0 fully saturated rings. The Kier molecular flexibility index (Phi) is 5.89. The third-order valence-corrected chi connectivity index (χ3v) is 3.69. The maximum Gasteiger partial charge on any atom is 0.289 e. The highest BCUT2D eigenvalue weighted by Gasteiger charge is 2.04. The number of rotatable bonds is 6. The highest BCUT2D eigenvalue weighted by atomic mass is 16.5. The predicted molar refractivity (Wildman–Crippen MR) is 101 cm³/mol. The number of benzene rings is 2. The Labute approximate surface area is 156 Å². The van der Waals surface area contributed by atoms with Crippen LogP contribution in [0.3, 0.4) is 0 Å². The van der Waals surface area contributed by atoms with E-state index >= 15 is 0 Å². The first-order valence-electron chi connectivity index (χ1n) is 8.21. The summed E-state index contributed by atoms with van der Waals surface area (Å²) in [5, 5.41) is 13.0. The zero-order valence-electron chi connectivity index (χ0n) is 14.4. The van der Waals surface area contributed by atoms with Gasteiger partial charge in [0.25, 0.3) is 5.91 Å². The van der Waals surface area contributed by atoms with Crippen molar-refractivity contribution in [2.45, 2.75) is 6.61 Å². The monoisotopic (exact) mass is 356 g/mol. The van der Waals surface area contributed by atoms with Gasteiger partial charge in [0, 0.05) is 11.8 Å². The van der Waals surface area contributed by atoms with E-state index in [2.05, 4.69) is 21.6 Å². The lowest BCUT2D eigenvalue weighted by molar-refractivity contribution is 0.0950. The Hall–Kier alpha value is -3.98. The minimum absolute atomic E-state index is 0.302. The third kappa shape index (κ3) is 5.00. The van der Waals surface area contributed by atoms with Crippen LogP contribution in [0.2, 0.25) is 0 Å². The lowest BCUT2D eigenvalue weighted by Crippen LogP contribution is -2.18. The number of hydrogen-bond donors (Lipinski definition) is 1. The highest BCUT2D eigenvalue weighted by Crippen LogP contribution is 2.15. The van der Waals surface area contributed by atoms with Crippen molar-refractivity contribution in [3.05, 3.63) is 95.3 Å². The third-order valence-electron chi connectivity index (χ3n) is 3.69. The molecule has 0 radical (unpaired) electrons. The topological polar surface area (TPSA) is 87.4 Å². The van der Waals surface area contributed by atoms with Crippen LogP contribution in [0.15, 0.2) is 78.0 Å². The molecule has 132 valence electrons. The molecule has 0 aliphatic heterocycles. The molecule has 0 saturated heterocycles. The Morgan fingerprint density at radius 3 is 2.63 bits per heavy atom. The predicted octanol–water partition coefficient (Wildman–Crippen LogP) is 3.30. The maximum absolute atomic E-state index is 11.8. The van der Waals surface area contributed by atoms with Crippen LogP contribution in [-0.4, -0.2) is 17.1 Å². The van der Waals surface area contributed by atoms with E-state index in [4.69, 9.17) is 10.00 Å². The molecule has 1 N–H and O–H groups in total. The number of ether oxygens (including phenoxy) is 1. The van der Waals surface area contributed by atoms with E-state index in [1.165, 1.54) is 6.21 Å². The molecule has 0 bridgehead atoms. The van der Waals surface area contributed by atoms with Crippen molar-refractivity contribution >= 4 is 12.1 Å². The van der Waals surface area contributed by atoms with Crippen molar-refractivity contribution in [3.63, 3.8) is 0 Å². The fraction of sp³-hybridized carbons (Fsp3) is 0.0476. The average molecular weight is 356 g/mol. The Balaban J connectivity index is 1.54. The molecule has 6 heteroatoms. The van der Waals surface area contributed by atoms with Gasteiger partial charge in [-0.15, -0.1) is 0 Å². The minimum atomic E-state index is -0.372. The first-order chi connectivity index (χ1) is 13.3. The van der Waals surface area contributed by atoms with Crippen molar-refractivity contribution in [2.24, 2.45) is 5.10 Å². The molecule has 0 unspecified atom stereocenters. The summed E-state index contributed by atoms with van der Waals surface area (Å²) in [6.45, 7) is 0.317. The number of carbonyl (C=O) groups is 1. The van der Waals surface area contributed by atoms with Crippen molar-refractivity contribution in [1.82, 2.24) is 10.4 Å². The molecule has 2 aromatic carbocycles. The van der Waals surface area contributed by atoms with Crippen LogP contribution in [0.25, 0.3) is 0 Å². The van der Waals surface area contributed by atoms with Gasteiger partial charge >= 0.3 is 0 Å². The standard InChI is InChI=1S/C21H16N4O2/c22-13-17-5-1-2-6-18(17)15-27-19-10-8-16(9-11-19)14-24-25-21(26)20-7-3-4-12-23-20/h1-12,14H,15H2,(H,25,26)/b24-14-. The summed E-state index contributed by atoms with van der Waals surface area (Å²) in [6.07, 6.45) is 3.09. The van der Waals surface area contributed by atoms with Gasteiger partial charge in [-0.25, -0.2) is 5.43 Å². The van der Waals surface area contributed by atoms with E-state index in [9.17, 15) is 4.79 Å². The van der Waals surface area contributed by atoms with Gasteiger partial charge in [0.1, 0.15) is 18.1 Å². The molecule has 0 atom stereocenters. The zero-order chi connectivity index (χ0) is 18.9. The molecule has 1 amide bonds. The molecular formula is C21H16N4O2. The Morgan fingerprint density at radius 1 is 1.11 bits per heavy atom. The number of carbonyl (C=O) groups excluding carboxylic acids is 1. The lowest BCUT2D eigenvalue weighted by Gasteiger charge is -2.07. The molecule has 6 nitrogen and oxygen atoms in total. The molecule has 27 heavy (non-hydrogen) atoms. The molecule has 0 spiro atoms. The van der Waals surface area contributed by atoms with Crippen molar-refractivity contribution in [2.75, 3.05) is 0 Å². The number of nitriles is 1. The van der Waals surface area contributed by atoms with E-state index in [1.807, 2.05) is 30.3 Å². The highest BCUT2D eigenvalue weighted by molar-refractivity contribution is 5.93. The largest absolute Gasteiger partial charge is 0.489 e. The van der Waals surface area contributed by atoms with Gasteiger partial charge < -0.3 is 4.74 Å². The van der Waals surface area contributed by atoms with Crippen LogP contribution in [-0.2, 0) is 6.61 Å². The fourth-order valence-electron chi connectivity index (χ4n) is 2.29. The van der Waals surface area contributed by atoms with Crippen molar-refractivity contribution < 1.29 is 9.53 Å². The quantitative estimate of drug-likeness (QED) is 0.542. The van der Waals surface area contributed by atoms with Crippen LogP contribution in [0, 0.1) is 11.3 Å². The van der Waals surface area contributed by atoms with Gasteiger partial charge in [-0.05, 0) is 48.0 Å². The van der Waals surface area contributed by atoms with E-state index < -0.39 is 0 Å². The normalized spacial score (nSPS) is 10.3. The van der Waals surface area contributed by atoms with Crippen LogP contribution in [0.1, 0.15) is 27.2 Å². The van der Waals surface area contributed by atoms with Crippen LogP contribution < -0.4 is 10.2 Å². The number of amides is 1. The number of aromatic nitrogens is 1. The molecule has 1 heterocycles. The van der Waals surface area contributed by atoms with Crippen LogP contribution in [0.4, 0.5) is 0 Å². The number of nitrogens with zero attached hydrogens (tertiary/aromatic N) is 3. The molecule has 3 rings (SSSR count). The summed E-state index contributed by atoms with van der Waals surface area (Å²) < 4.78 is 5.72. The number of hydrazone groups is 1. The van der Waals surface area contributed by atoms with Crippen molar-refractivity contribution in [3.8, 4) is 11.8 Å². The first-order valence-corrected chi connectivity index (χ1v) is 8.21. The van der Waals surface area contributed by atoms with Gasteiger partial charge in [0.05, 0.1) is 17.8 Å². The second kappa shape index (κ2) is 8.92. The minimum Gasteiger partial charge on any atom is -0.489 e. The molecule has 0 aliphatic rings. The smallest absolute Gasteiger partial charge is 0.289 e. The molecule has 0 aliphatic carbocycles. The van der Waals surface area contributed by atoms with Gasteiger partial charge in [0.2, 0.25) is 0 Å². The summed E-state index contributed by atoms with van der Waals surface area (Å²) in [5.74, 6) is 0.306. The summed E-state index contributed by atoms with van der Waals surface area (Å²) in [7, 11) is 0. The van der Waals surface area contributed by atoms with Gasteiger partial charge in [-0.3, -0.25) is 9.78 Å². The summed E-state index contributed by atoms with van der Waals surface area (Å²) in [6, 6.07) is 21.8. The number of pyridine rings is 1. The molecule has 1 aromatic heterocycles. The number of nitrogens with one attached hydrogen (secondary N) is 1. The summed E-state index contributed by atoms with van der Waals surface area (Å²) >= 11 is 0. The number of hydrogen-bond acceptors (Lipinski definition) is 5. The maximum atomic E-state index is 11.8. The van der Waals surface area contributed by atoms with E-state index in [1.54, 1.807) is 42.6 Å². The Morgan fingerprint density at radius 2 is 1.89 bits per heavy atom. The first kappa shape index (κ1) is 17.8. The van der Waals surface area contributed by atoms with E-state index in [-0.39, 0.29) is 5.91 Å². The van der Waals surface area contributed by atoms with Gasteiger partial charge in [-0.1, -0.05) is 24.3 Å². The van der Waals surface area contributed by atoms with Gasteiger partial charge in [0.15, 0.2) is 0 Å². The van der Waals surface area contributed by atoms with E-state index in [0.29, 0.717) is 23.6 Å². The lowest BCUT2D eigenvalue weighted by atomic mass is 10.1. The van der Waals surface area contributed by atoms with Crippen molar-refractivity contribution in [1.29, 1.82) is 5.26 Å². The molecular weight excluding hydrogens is 340 g/mol.